The number of aryl methyl sites for hydroxylation is 1. The largest absolute Gasteiger partial charge is 0.848 e. The van der Waals surface area contributed by atoms with Gasteiger partial charge in [-0.25, -0.2) is 4.98 Å². The summed E-state index contributed by atoms with van der Waals surface area (Å²) in [6, 6.07) is 13.6. The zero-order valence-electron chi connectivity index (χ0n) is 18.4. The molecule has 34 heavy (non-hydrogen) atoms. The number of hydrogen-bond acceptors (Lipinski definition) is 6. The molecule has 1 atom stereocenters. The van der Waals surface area contributed by atoms with Crippen molar-refractivity contribution in [1.82, 2.24) is 19.9 Å². The van der Waals surface area contributed by atoms with E-state index in [1.807, 2.05) is 17.7 Å². The van der Waals surface area contributed by atoms with Gasteiger partial charge in [-0.2, -0.15) is 0 Å². The molecule has 2 heterocycles. The number of nitrogens with zero attached hydrogens (tertiary/aromatic N) is 3. The van der Waals surface area contributed by atoms with Crippen LogP contribution in [0, 0.1) is 0 Å². The molecule has 0 aliphatic carbocycles. The number of aromatic nitrogens is 3. The van der Waals surface area contributed by atoms with Gasteiger partial charge in [0.05, 0.1) is 21.7 Å². The average molecular weight is 480 g/mol. The average Bonchev–Trinajstić information content (AvgIpc) is 3.14. The van der Waals surface area contributed by atoms with Crippen molar-refractivity contribution in [3.8, 4) is 11.5 Å². The number of nitrogens with one attached hydrogen (secondary N) is 2. The summed E-state index contributed by atoms with van der Waals surface area (Å²) >= 11 is 6.33. The number of ether oxygens (including phenoxy) is 1. The van der Waals surface area contributed by atoms with Crippen molar-refractivity contribution < 1.29 is 19.4 Å². The highest BCUT2D eigenvalue weighted by atomic mass is 35.5. The Labute approximate surface area is 200 Å². The van der Waals surface area contributed by atoms with E-state index >= 15 is 0 Å². The topological polar surface area (TPSA) is 126 Å². The quantitative estimate of drug-likeness (QED) is 0.294. The molecule has 4 aromatic rings. The fraction of sp³-hybridized carbons (Fsp3) is 0.167. The zero-order chi connectivity index (χ0) is 24.2. The first-order valence-corrected chi connectivity index (χ1v) is 10.8. The molecule has 0 radical (unpaired) electrons. The molecule has 1 unspecified atom stereocenters. The lowest BCUT2D eigenvalue weighted by Crippen LogP contribution is -2.18. The van der Waals surface area contributed by atoms with Crippen LogP contribution in [0.1, 0.15) is 28.6 Å². The number of carbonyl (C=O) groups is 1. The van der Waals surface area contributed by atoms with E-state index in [4.69, 9.17) is 21.1 Å². The van der Waals surface area contributed by atoms with E-state index in [0.717, 1.165) is 11.8 Å². The molecular formula is C24H22ClN5O4. The molecule has 0 aliphatic rings. The van der Waals surface area contributed by atoms with Crippen molar-refractivity contribution in [2.75, 3.05) is 12.4 Å². The third kappa shape index (κ3) is 4.85. The third-order valence-electron chi connectivity index (χ3n) is 5.21. The van der Waals surface area contributed by atoms with Crippen molar-refractivity contribution in [2.45, 2.75) is 12.5 Å². The van der Waals surface area contributed by atoms with Gasteiger partial charge in [-0.05, 0) is 30.3 Å². The van der Waals surface area contributed by atoms with E-state index in [0.29, 0.717) is 39.2 Å². The van der Waals surface area contributed by atoms with Gasteiger partial charge in [0.2, 0.25) is 5.95 Å². The summed E-state index contributed by atoms with van der Waals surface area (Å²) in [7, 11) is 3.39. The van der Waals surface area contributed by atoms with Crippen molar-refractivity contribution in [2.24, 2.45) is 7.05 Å². The lowest BCUT2D eigenvalue weighted by atomic mass is 10.1. The highest BCUT2D eigenvalue weighted by Crippen LogP contribution is 2.31. The molecule has 0 bridgehead atoms. The highest BCUT2D eigenvalue weighted by molar-refractivity contribution is 6.33. The van der Waals surface area contributed by atoms with Gasteiger partial charge < -0.3 is 25.0 Å². The second-order valence-electron chi connectivity index (χ2n) is 7.47. The zero-order valence-corrected chi connectivity index (χ0v) is 19.2. The minimum Gasteiger partial charge on any atom is -0.848 e. The lowest BCUT2D eigenvalue weighted by Gasteiger charge is -2.20. The van der Waals surface area contributed by atoms with E-state index in [9.17, 15) is 9.90 Å². The summed E-state index contributed by atoms with van der Waals surface area (Å²) < 4.78 is 7.76. The van der Waals surface area contributed by atoms with Crippen LogP contribution in [0.2, 0.25) is 5.02 Å². The summed E-state index contributed by atoms with van der Waals surface area (Å²) in [6.07, 6.45) is 1.26. The second-order valence-corrected chi connectivity index (χ2v) is 7.88. The van der Waals surface area contributed by atoms with Crippen LogP contribution in [-0.4, -0.2) is 38.6 Å². The van der Waals surface area contributed by atoms with Crippen LogP contribution in [-0.2, 0) is 7.05 Å². The molecule has 2 aromatic carbocycles. The molecule has 2 aromatic heterocycles. The Morgan fingerprint density at radius 1 is 1.24 bits per heavy atom. The maximum absolute atomic E-state index is 12.2. The van der Waals surface area contributed by atoms with Crippen LogP contribution in [0.15, 0.2) is 54.7 Å². The van der Waals surface area contributed by atoms with E-state index in [1.54, 1.807) is 42.5 Å². The number of pyridine rings is 1. The number of hydrogen-bond donors (Lipinski definition) is 2. The van der Waals surface area contributed by atoms with E-state index in [1.165, 1.54) is 13.2 Å². The number of amides is 1. The van der Waals surface area contributed by atoms with Crippen LogP contribution in [0.25, 0.3) is 11.0 Å². The van der Waals surface area contributed by atoms with E-state index in [-0.39, 0.29) is 18.0 Å². The van der Waals surface area contributed by atoms with Gasteiger partial charge >= 0.3 is 0 Å². The molecule has 9 nitrogen and oxygen atoms in total. The first kappa shape index (κ1) is 23.2. The molecule has 4 rings (SSSR count). The maximum atomic E-state index is 12.2. The first-order chi connectivity index (χ1) is 16.4. The minimum atomic E-state index is -1.10. The normalized spacial score (nSPS) is 11.8. The standard InChI is InChI=1S/C24H21ClN5O4/c1-26-23(33)20-13-16(7-9-27-20)34-15-4-6-21-19(12-15)29-24(30(21)2)28-18-11-14(3-5-17(18)25)22(32)8-10-31/h3-7,9-13,22H,8H2,1-2H3,(H,26,33)(H,28,29)/q-1/p+1. The molecule has 174 valence electrons. The number of benzene rings is 2. The number of imidazole rings is 1. The number of halogens is 1. The SMILES string of the molecule is CNC(=O)c1cc(Oc2ccc3c(c2)nc(Nc2cc(C([O-])CC=[OH+])ccc2Cl)n3C)ccn1. The molecule has 0 spiro atoms. The molecule has 1 amide bonds. The number of rotatable bonds is 8. The second kappa shape index (κ2) is 9.90. The number of anilines is 2. The van der Waals surface area contributed by atoms with Gasteiger partial charge in [0.1, 0.15) is 17.2 Å². The van der Waals surface area contributed by atoms with Crippen LogP contribution in [0.5, 0.6) is 11.5 Å². The molecule has 10 heteroatoms. The molecule has 0 fully saturated rings. The first-order valence-electron chi connectivity index (χ1n) is 10.4. The summed E-state index contributed by atoms with van der Waals surface area (Å²) in [5.74, 6) is 1.23. The summed E-state index contributed by atoms with van der Waals surface area (Å²) in [4.78, 5) is 29.4. The van der Waals surface area contributed by atoms with Gasteiger partial charge in [-0.3, -0.25) is 14.6 Å². The molecule has 0 saturated carbocycles. The van der Waals surface area contributed by atoms with E-state index in [2.05, 4.69) is 20.6 Å². The van der Waals surface area contributed by atoms with E-state index < -0.39 is 6.10 Å². The molecule has 0 aliphatic heterocycles. The lowest BCUT2D eigenvalue weighted by molar-refractivity contribution is -0.424. The van der Waals surface area contributed by atoms with Crippen LogP contribution in [0.3, 0.4) is 0 Å². The Bertz CT molecular complexity index is 1370. The summed E-state index contributed by atoms with van der Waals surface area (Å²) in [6.45, 7) is 0. The third-order valence-corrected chi connectivity index (χ3v) is 5.54. The van der Waals surface area contributed by atoms with Gasteiger partial charge in [0, 0.05) is 38.8 Å². The van der Waals surface area contributed by atoms with Crippen LogP contribution in [0.4, 0.5) is 11.6 Å². The van der Waals surface area contributed by atoms with Gasteiger partial charge in [0.25, 0.3) is 12.2 Å². The minimum absolute atomic E-state index is 0.00176. The highest BCUT2D eigenvalue weighted by Gasteiger charge is 2.13. The Kier molecular flexibility index (Phi) is 6.76. The van der Waals surface area contributed by atoms with Crippen LogP contribution < -0.4 is 20.5 Å². The van der Waals surface area contributed by atoms with Crippen molar-refractivity contribution in [1.29, 1.82) is 0 Å². The Balaban J connectivity index is 1.60. The van der Waals surface area contributed by atoms with Crippen LogP contribution >= 0.6 is 11.6 Å². The fourth-order valence-electron chi connectivity index (χ4n) is 3.41. The maximum Gasteiger partial charge on any atom is 0.281 e. The Morgan fingerprint density at radius 2 is 2.03 bits per heavy atom. The van der Waals surface area contributed by atoms with Crippen molar-refractivity contribution >= 4 is 46.5 Å². The molecule has 3 N–H and O–H groups in total. The van der Waals surface area contributed by atoms with Gasteiger partial charge in [0.15, 0.2) is 0 Å². The molecule has 0 saturated heterocycles. The Morgan fingerprint density at radius 3 is 2.79 bits per heavy atom. The summed E-state index contributed by atoms with van der Waals surface area (Å²) in [5, 5.41) is 18.3. The van der Waals surface area contributed by atoms with Crippen molar-refractivity contribution in [3.05, 3.63) is 71.0 Å². The Hall–Kier alpha value is -3.95. The fourth-order valence-corrected chi connectivity index (χ4v) is 3.57. The monoisotopic (exact) mass is 479 g/mol. The molecular weight excluding hydrogens is 458 g/mol. The predicted molar refractivity (Wildman–Crippen MR) is 129 cm³/mol. The van der Waals surface area contributed by atoms with Gasteiger partial charge in [-0.1, -0.05) is 29.3 Å². The smallest absolute Gasteiger partial charge is 0.281 e. The summed E-state index contributed by atoms with van der Waals surface area (Å²) in [5.41, 5.74) is 2.81. The number of fused-ring (bicyclic) bond motifs is 1. The van der Waals surface area contributed by atoms with Gasteiger partial charge in [-0.15, -0.1) is 0 Å². The van der Waals surface area contributed by atoms with Crippen molar-refractivity contribution in [3.63, 3.8) is 0 Å². The number of carbonyl (C=O) groups excluding carboxylic acids is 2. The predicted octanol–water partition coefficient (Wildman–Crippen LogP) is 3.48. The number of aldehydes is 1.